The largest absolute Gasteiger partial charge is 0.382 e. The third-order valence-corrected chi connectivity index (χ3v) is 3.07. The summed E-state index contributed by atoms with van der Waals surface area (Å²) in [4.78, 5) is 11.4. The van der Waals surface area contributed by atoms with E-state index in [4.69, 9.17) is 4.74 Å². The first kappa shape index (κ1) is 15.0. The van der Waals surface area contributed by atoms with Crippen LogP contribution < -0.4 is 10.6 Å². The second-order valence-electron chi connectivity index (χ2n) is 4.59. The van der Waals surface area contributed by atoms with E-state index in [9.17, 15) is 4.79 Å². The zero-order valence-corrected chi connectivity index (χ0v) is 11.5. The highest BCUT2D eigenvalue weighted by molar-refractivity contribution is 5.73. The fraction of sp³-hybridized carbons (Fsp3) is 0.786. The first-order chi connectivity index (χ1) is 8.83. The molecular weight excluding hydrogens is 228 g/mol. The minimum absolute atomic E-state index is 0.0668. The lowest BCUT2D eigenvalue weighted by Gasteiger charge is -2.13. The Morgan fingerprint density at radius 1 is 1.33 bits per heavy atom. The Balaban J connectivity index is 1.94. The molecule has 0 saturated carbocycles. The van der Waals surface area contributed by atoms with Gasteiger partial charge in [0.15, 0.2) is 0 Å². The molecule has 4 heteroatoms. The van der Waals surface area contributed by atoms with Gasteiger partial charge in [-0.2, -0.15) is 0 Å². The summed E-state index contributed by atoms with van der Waals surface area (Å²) in [6.45, 7) is 4.84. The minimum Gasteiger partial charge on any atom is -0.382 e. The molecule has 0 radical (unpaired) electrons. The van der Waals surface area contributed by atoms with Crippen molar-refractivity contribution in [3.63, 3.8) is 0 Å². The van der Waals surface area contributed by atoms with Crippen molar-refractivity contribution >= 4 is 6.03 Å². The van der Waals surface area contributed by atoms with E-state index in [2.05, 4.69) is 16.7 Å². The molecule has 0 aliphatic heterocycles. The molecular formula is C14H26N2O2. The van der Waals surface area contributed by atoms with Gasteiger partial charge in [0.25, 0.3) is 0 Å². The fourth-order valence-electron chi connectivity index (χ4n) is 2.05. The molecule has 1 aliphatic rings. The summed E-state index contributed by atoms with van der Waals surface area (Å²) in [5.41, 5.74) is 1.50. The van der Waals surface area contributed by atoms with Crippen LogP contribution in [0, 0.1) is 0 Å². The zero-order valence-electron chi connectivity index (χ0n) is 11.5. The zero-order chi connectivity index (χ0) is 13.1. The highest BCUT2D eigenvalue weighted by Crippen LogP contribution is 2.19. The number of amides is 2. The van der Waals surface area contributed by atoms with Gasteiger partial charge in [-0.15, -0.1) is 0 Å². The van der Waals surface area contributed by atoms with Gasteiger partial charge in [0.1, 0.15) is 0 Å². The normalized spacial score (nSPS) is 15.1. The van der Waals surface area contributed by atoms with Crippen molar-refractivity contribution in [1.29, 1.82) is 0 Å². The smallest absolute Gasteiger partial charge is 0.314 e. The average molecular weight is 254 g/mol. The Hall–Kier alpha value is -1.03. The first-order valence-corrected chi connectivity index (χ1v) is 7.10. The molecule has 104 valence electrons. The summed E-state index contributed by atoms with van der Waals surface area (Å²) in [7, 11) is 0. The monoisotopic (exact) mass is 254 g/mol. The Morgan fingerprint density at radius 2 is 2.17 bits per heavy atom. The van der Waals surface area contributed by atoms with Gasteiger partial charge in [0.2, 0.25) is 0 Å². The molecule has 0 aromatic carbocycles. The maximum Gasteiger partial charge on any atom is 0.314 e. The van der Waals surface area contributed by atoms with Crippen LogP contribution in [0.15, 0.2) is 11.6 Å². The van der Waals surface area contributed by atoms with Crippen LogP contribution in [0.2, 0.25) is 0 Å². The maximum absolute atomic E-state index is 11.4. The number of hydrogen-bond donors (Lipinski definition) is 2. The maximum atomic E-state index is 11.4. The van der Waals surface area contributed by atoms with E-state index >= 15 is 0 Å². The van der Waals surface area contributed by atoms with Crippen molar-refractivity contribution in [3.8, 4) is 0 Å². The molecule has 4 nitrogen and oxygen atoms in total. The summed E-state index contributed by atoms with van der Waals surface area (Å²) in [5.74, 6) is 0. The van der Waals surface area contributed by atoms with E-state index in [-0.39, 0.29) is 6.03 Å². The Kier molecular flexibility index (Phi) is 8.30. The minimum atomic E-state index is -0.0668. The molecule has 0 saturated heterocycles. The topological polar surface area (TPSA) is 50.4 Å². The van der Waals surface area contributed by atoms with Crippen LogP contribution in [-0.2, 0) is 4.74 Å². The van der Waals surface area contributed by atoms with Gasteiger partial charge in [0, 0.05) is 26.3 Å². The Labute approximate surface area is 110 Å². The summed E-state index contributed by atoms with van der Waals surface area (Å²) in [6, 6.07) is -0.0668. The van der Waals surface area contributed by atoms with Gasteiger partial charge >= 0.3 is 6.03 Å². The number of rotatable bonds is 8. The van der Waals surface area contributed by atoms with E-state index in [0.29, 0.717) is 13.2 Å². The third kappa shape index (κ3) is 7.33. The molecule has 0 bridgehead atoms. The molecule has 0 unspecified atom stereocenters. The van der Waals surface area contributed by atoms with Crippen LogP contribution in [0.5, 0.6) is 0 Å². The molecule has 0 aromatic heterocycles. The number of ether oxygens (including phenoxy) is 1. The predicted molar refractivity (Wildman–Crippen MR) is 73.7 cm³/mol. The molecule has 2 N–H and O–H groups in total. The van der Waals surface area contributed by atoms with Crippen molar-refractivity contribution in [1.82, 2.24) is 10.6 Å². The molecule has 0 atom stereocenters. The van der Waals surface area contributed by atoms with E-state index in [0.717, 1.165) is 26.0 Å². The standard InChI is InChI=1S/C14H26N2O2/c1-2-18-12-6-10-15-14(17)16-11-9-13-7-4-3-5-8-13/h7H,2-6,8-12H2,1H3,(H2,15,16,17). The molecule has 1 rings (SSSR count). The van der Waals surface area contributed by atoms with Crippen LogP contribution >= 0.6 is 0 Å². The lowest BCUT2D eigenvalue weighted by molar-refractivity contribution is 0.145. The van der Waals surface area contributed by atoms with Gasteiger partial charge in [-0.3, -0.25) is 0 Å². The first-order valence-electron chi connectivity index (χ1n) is 7.10. The van der Waals surface area contributed by atoms with Gasteiger partial charge in [-0.05, 0) is 45.4 Å². The summed E-state index contributed by atoms with van der Waals surface area (Å²) in [6.07, 6.45) is 9.22. The SMILES string of the molecule is CCOCCCNC(=O)NCCC1=CCCCC1. The second-order valence-corrected chi connectivity index (χ2v) is 4.59. The molecule has 0 fully saturated rings. The Morgan fingerprint density at radius 3 is 2.89 bits per heavy atom. The molecule has 1 aliphatic carbocycles. The third-order valence-electron chi connectivity index (χ3n) is 3.07. The Bertz CT molecular complexity index is 265. The van der Waals surface area contributed by atoms with Crippen molar-refractivity contribution in [2.75, 3.05) is 26.3 Å². The molecule has 2 amide bonds. The van der Waals surface area contributed by atoms with Crippen LogP contribution in [0.3, 0.4) is 0 Å². The van der Waals surface area contributed by atoms with E-state index in [1.165, 1.54) is 31.3 Å². The van der Waals surface area contributed by atoms with E-state index in [1.54, 1.807) is 0 Å². The van der Waals surface area contributed by atoms with Gasteiger partial charge in [-0.25, -0.2) is 4.79 Å². The van der Waals surface area contributed by atoms with Crippen LogP contribution in [0.25, 0.3) is 0 Å². The van der Waals surface area contributed by atoms with E-state index in [1.807, 2.05) is 6.92 Å². The molecule has 18 heavy (non-hydrogen) atoms. The molecule has 0 heterocycles. The van der Waals surface area contributed by atoms with Crippen LogP contribution in [-0.4, -0.2) is 32.3 Å². The summed E-state index contributed by atoms with van der Waals surface area (Å²) in [5, 5.41) is 5.72. The van der Waals surface area contributed by atoms with Crippen LogP contribution in [0.1, 0.15) is 45.4 Å². The fourth-order valence-corrected chi connectivity index (χ4v) is 2.05. The van der Waals surface area contributed by atoms with Gasteiger partial charge < -0.3 is 15.4 Å². The van der Waals surface area contributed by atoms with Gasteiger partial charge in [-0.1, -0.05) is 11.6 Å². The molecule has 0 spiro atoms. The van der Waals surface area contributed by atoms with Crippen molar-refractivity contribution < 1.29 is 9.53 Å². The van der Waals surface area contributed by atoms with Crippen molar-refractivity contribution in [2.45, 2.75) is 45.4 Å². The number of urea groups is 1. The number of nitrogens with one attached hydrogen (secondary N) is 2. The molecule has 0 aromatic rings. The highest BCUT2D eigenvalue weighted by Gasteiger charge is 2.04. The quantitative estimate of drug-likeness (QED) is 0.517. The average Bonchev–Trinajstić information content (AvgIpc) is 2.40. The van der Waals surface area contributed by atoms with Crippen molar-refractivity contribution in [2.24, 2.45) is 0 Å². The van der Waals surface area contributed by atoms with E-state index < -0.39 is 0 Å². The lowest BCUT2D eigenvalue weighted by atomic mass is 9.97. The van der Waals surface area contributed by atoms with Crippen LogP contribution in [0.4, 0.5) is 4.79 Å². The number of carbonyl (C=O) groups is 1. The summed E-state index contributed by atoms with van der Waals surface area (Å²) < 4.78 is 5.20. The van der Waals surface area contributed by atoms with Gasteiger partial charge in [0.05, 0.1) is 0 Å². The number of carbonyl (C=O) groups excluding carboxylic acids is 1. The summed E-state index contributed by atoms with van der Waals surface area (Å²) >= 11 is 0. The number of allylic oxidation sites excluding steroid dienone is 1. The predicted octanol–water partition coefficient (Wildman–Crippen LogP) is 2.60. The van der Waals surface area contributed by atoms with Crippen molar-refractivity contribution in [3.05, 3.63) is 11.6 Å². The lowest BCUT2D eigenvalue weighted by Crippen LogP contribution is -2.36. The number of hydrogen-bond acceptors (Lipinski definition) is 2. The highest BCUT2D eigenvalue weighted by atomic mass is 16.5. The second kappa shape index (κ2) is 9.95.